The average Bonchev–Trinajstić information content (AvgIpc) is 2.69. The summed E-state index contributed by atoms with van der Waals surface area (Å²) in [5.74, 6) is 1.02. The van der Waals surface area contributed by atoms with Crippen LogP contribution in [0.15, 0.2) is 24.3 Å². The van der Waals surface area contributed by atoms with Gasteiger partial charge in [-0.3, -0.25) is 0 Å². The van der Waals surface area contributed by atoms with Crippen LogP contribution in [0.1, 0.15) is 11.5 Å². The molecule has 2 aromatic rings. The number of aromatic amines is 1. The topological polar surface area (TPSA) is 40.7 Å². The molecule has 0 spiro atoms. The minimum Gasteiger partial charge on any atom is -0.346 e. The van der Waals surface area contributed by atoms with Crippen LogP contribution in [0.2, 0.25) is 5.02 Å². The number of nitrogens with zero attached hydrogens (tertiary/aromatic N) is 1. The molecule has 0 saturated carbocycles. The van der Waals surface area contributed by atoms with Gasteiger partial charge in [0.1, 0.15) is 5.82 Å². The second kappa shape index (κ2) is 5.34. The first-order valence-electron chi connectivity index (χ1n) is 5.66. The van der Waals surface area contributed by atoms with Crippen LogP contribution in [0.3, 0.4) is 0 Å². The van der Waals surface area contributed by atoms with Crippen LogP contribution in [0.5, 0.6) is 0 Å². The Labute approximate surface area is 106 Å². The molecule has 0 amide bonds. The van der Waals surface area contributed by atoms with E-state index in [-0.39, 0.29) is 0 Å². The van der Waals surface area contributed by atoms with Crippen molar-refractivity contribution in [3.05, 3.63) is 40.8 Å². The molecule has 0 unspecified atom stereocenters. The van der Waals surface area contributed by atoms with Crippen LogP contribution < -0.4 is 5.32 Å². The first kappa shape index (κ1) is 12.1. The number of nitrogens with one attached hydrogen (secondary N) is 2. The van der Waals surface area contributed by atoms with E-state index >= 15 is 0 Å². The molecule has 2 N–H and O–H groups in total. The van der Waals surface area contributed by atoms with Crippen LogP contribution in [0, 0.1) is 6.92 Å². The molecule has 1 heterocycles. The Kier molecular flexibility index (Phi) is 3.82. The summed E-state index contributed by atoms with van der Waals surface area (Å²) in [4.78, 5) is 7.92. The highest BCUT2D eigenvalue weighted by Gasteiger charge is 2.08. The van der Waals surface area contributed by atoms with Crippen LogP contribution >= 0.6 is 11.6 Å². The minimum absolute atomic E-state index is 0.748. The van der Waals surface area contributed by atoms with Crippen molar-refractivity contribution in [3.8, 4) is 11.3 Å². The number of aromatic nitrogens is 2. The molecular formula is C13H16ClN3. The lowest BCUT2D eigenvalue weighted by molar-refractivity contribution is 0.763. The molecule has 1 aromatic carbocycles. The van der Waals surface area contributed by atoms with Gasteiger partial charge in [-0.25, -0.2) is 4.98 Å². The molecule has 0 aliphatic rings. The van der Waals surface area contributed by atoms with E-state index in [9.17, 15) is 0 Å². The highest BCUT2D eigenvalue weighted by molar-refractivity contribution is 6.30. The number of halogens is 1. The van der Waals surface area contributed by atoms with Crippen molar-refractivity contribution in [1.29, 1.82) is 0 Å². The van der Waals surface area contributed by atoms with Gasteiger partial charge in [-0.2, -0.15) is 0 Å². The summed E-state index contributed by atoms with van der Waals surface area (Å²) in [5, 5.41) is 3.86. The zero-order valence-corrected chi connectivity index (χ0v) is 10.8. The van der Waals surface area contributed by atoms with Gasteiger partial charge in [0.25, 0.3) is 0 Å². The lowest BCUT2D eigenvalue weighted by Crippen LogP contribution is -2.11. The van der Waals surface area contributed by atoms with E-state index in [0.717, 1.165) is 40.8 Å². The molecule has 1 aromatic heterocycles. The number of imidazole rings is 1. The molecule has 4 heteroatoms. The first-order valence-corrected chi connectivity index (χ1v) is 6.04. The summed E-state index contributed by atoms with van der Waals surface area (Å²) in [7, 11) is 1.94. The molecule has 17 heavy (non-hydrogen) atoms. The Morgan fingerprint density at radius 2 is 2.00 bits per heavy atom. The van der Waals surface area contributed by atoms with Crippen LogP contribution in [0.4, 0.5) is 0 Å². The van der Waals surface area contributed by atoms with Gasteiger partial charge < -0.3 is 10.3 Å². The quantitative estimate of drug-likeness (QED) is 0.875. The maximum absolute atomic E-state index is 5.88. The molecule has 0 bridgehead atoms. The monoisotopic (exact) mass is 249 g/mol. The Morgan fingerprint density at radius 3 is 2.65 bits per heavy atom. The SMILES string of the molecule is CNCCc1nc(-c2ccc(Cl)cc2)c(C)[nH]1. The van der Waals surface area contributed by atoms with Gasteiger partial charge in [0, 0.05) is 29.2 Å². The summed E-state index contributed by atoms with van der Waals surface area (Å²) in [6.07, 6.45) is 0.908. The van der Waals surface area contributed by atoms with Crippen molar-refractivity contribution in [2.24, 2.45) is 0 Å². The van der Waals surface area contributed by atoms with Gasteiger partial charge in [-0.1, -0.05) is 23.7 Å². The fourth-order valence-corrected chi connectivity index (χ4v) is 1.90. The second-order valence-corrected chi connectivity index (χ2v) is 4.45. The smallest absolute Gasteiger partial charge is 0.108 e. The van der Waals surface area contributed by atoms with Crippen molar-refractivity contribution in [3.63, 3.8) is 0 Å². The summed E-state index contributed by atoms with van der Waals surface area (Å²) in [6.45, 7) is 2.97. The summed E-state index contributed by atoms with van der Waals surface area (Å²) in [5.41, 5.74) is 3.20. The Morgan fingerprint density at radius 1 is 1.29 bits per heavy atom. The van der Waals surface area contributed by atoms with Gasteiger partial charge in [-0.05, 0) is 26.1 Å². The molecule has 0 atom stereocenters. The number of benzene rings is 1. The normalized spacial score (nSPS) is 10.8. The lowest BCUT2D eigenvalue weighted by Gasteiger charge is -1.98. The highest BCUT2D eigenvalue weighted by atomic mass is 35.5. The number of likely N-dealkylation sites (N-methyl/N-ethyl adjacent to an activating group) is 1. The van der Waals surface area contributed by atoms with Crippen LogP contribution in [0.25, 0.3) is 11.3 Å². The molecule has 0 saturated heterocycles. The van der Waals surface area contributed by atoms with Crippen LogP contribution in [-0.2, 0) is 6.42 Å². The predicted molar refractivity (Wildman–Crippen MR) is 71.4 cm³/mol. The van der Waals surface area contributed by atoms with E-state index in [1.54, 1.807) is 0 Å². The Balaban J connectivity index is 2.26. The van der Waals surface area contributed by atoms with E-state index in [1.807, 2.05) is 38.2 Å². The summed E-state index contributed by atoms with van der Waals surface area (Å²) >= 11 is 5.88. The average molecular weight is 250 g/mol. The Hall–Kier alpha value is -1.32. The van der Waals surface area contributed by atoms with Crippen molar-refractivity contribution in [2.75, 3.05) is 13.6 Å². The fourth-order valence-electron chi connectivity index (χ4n) is 1.77. The van der Waals surface area contributed by atoms with E-state index < -0.39 is 0 Å². The summed E-state index contributed by atoms with van der Waals surface area (Å²) < 4.78 is 0. The van der Waals surface area contributed by atoms with E-state index in [2.05, 4.69) is 15.3 Å². The lowest BCUT2D eigenvalue weighted by atomic mass is 10.1. The van der Waals surface area contributed by atoms with Gasteiger partial charge in [-0.15, -0.1) is 0 Å². The molecule has 90 valence electrons. The third-order valence-electron chi connectivity index (χ3n) is 2.66. The second-order valence-electron chi connectivity index (χ2n) is 4.02. The maximum Gasteiger partial charge on any atom is 0.108 e. The van der Waals surface area contributed by atoms with E-state index in [0.29, 0.717) is 0 Å². The zero-order chi connectivity index (χ0) is 12.3. The van der Waals surface area contributed by atoms with E-state index in [4.69, 9.17) is 11.6 Å². The van der Waals surface area contributed by atoms with Gasteiger partial charge >= 0.3 is 0 Å². The predicted octanol–water partition coefficient (Wildman–Crippen LogP) is 2.80. The minimum atomic E-state index is 0.748. The number of hydrogen-bond donors (Lipinski definition) is 2. The molecule has 0 aliphatic heterocycles. The van der Waals surface area contributed by atoms with Crippen molar-refractivity contribution in [1.82, 2.24) is 15.3 Å². The third-order valence-corrected chi connectivity index (χ3v) is 2.92. The molecular weight excluding hydrogens is 234 g/mol. The Bertz CT molecular complexity index is 488. The number of hydrogen-bond acceptors (Lipinski definition) is 2. The fraction of sp³-hybridized carbons (Fsp3) is 0.308. The first-order chi connectivity index (χ1) is 8.20. The van der Waals surface area contributed by atoms with Crippen molar-refractivity contribution >= 4 is 11.6 Å². The number of rotatable bonds is 4. The molecule has 0 aliphatic carbocycles. The largest absolute Gasteiger partial charge is 0.346 e. The van der Waals surface area contributed by atoms with Gasteiger partial charge in [0.15, 0.2) is 0 Å². The summed E-state index contributed by atoms with van der Waals surface area (Å²) in [6, 6.07) is 7.76. The number of aryl methyl sites for hydroxylation is 1. The van der Waals surface area contributed by atoms with Gasteiger partial charge in [0.2, 0.25) is 0 Å². The maximum atomic E-state index is 5.88. The third kappa shape index (κ3) is 2.87. The van der Waals surface area contributed by atoms with Crippen LogP contribution in [-0.4, -0.2) is 23.6 Å². The van der Waals surface area contributed by atoms with Gasteiger partial charge in [0.05, 0.1) is 5.69 Å². The molecule has 2 rings (SSSR count). The number of H-pyrrole nitrogens is 1. The van der Waals surface area contributed by atoms with Crippen molar-refractivity contribution < 1.29 is 0 Å². The molecule has 3 nitrogen and oxygen atoms in total. The zero-order valence-electron chi connectivity index (χ0n) is 10.0. The highest BCUT2D eigenvalue weighted by Crippen LogP contribution is 2.22. The molecule has 0 radical (unpaired) electrons. The molecule has 0 fully saturated rings. The van der Waals surface area contributed by atoms with Crippen molar-refractivity contribution in [2.45, 2.75) is 13.3 Å². The standard InChI is InChI=1S/C13H16ClN3/c1-9-13(10-3-5-11(14)6-4-10)17-12(16-9)7-8-15-2/h3-6,15H,7-8H2,1-2H3,(H,16,17). The van der Waals surface area contributed by atoms with E-state index in [1.165, 1.54) is 0 Å².